The lowest BCUT2D eigenvalue weighted by atomic mass is 10.1. The van der Waals surface area contributed by atoms with Crippen molar-refractivity contribution in [3.05, 3.63) is 84.9 Å². The Morgan fingerprint density at radius 2 is 1.03 bits per heavy atom. The maximum atomic E-state index is 15.1. The van der Waals surface area contributed by atoms with Gasteiger partial charge in [-0.1, -0.05) is 60.7 Å². The first-order valence-electron chi connectivity index (χ1n) is 11.1. The summed E-state index contributed by atoms with van der Waals surface area (Å²) in [4.78, 5) is 27.0. The number of carbonyl (C=O) groups is 2. The molecule has 2 amide bonds. The molecule has 0 saturated carbocycles. The Labute approximate surface area is 213 Å². The van der Waals surface area contributed by atoms with Gasteiger partial charge in [-0.15, -0.1) is 23.2 Å². The third-order valence-electron chi connectivity index (χ3n) is 6.10. The summed E-state index contributed by atoms with van der Waals surface area (Å²) in [7, 11) is -4.01. The number of nitrogens with zero attached hydrogens (tertiary/aromatic N) is 3. The predicted octanol–water partition coefficient (Wildman–Crippen LogP) is 6.26. The topological polar surface area (TPSA) is 60.9 Å². The Kier molecular flexibility index (Phi) is 6.56. The van der Waals surface area contributed by atoms with Crippen LogP contribution in [0.3, 0.4) is 0 Å². The number of hydrogen-bond acceptors (Lipinski definition) is 3. The maximum absolute atomic E-state index is 15.1. The summed E-state index contributed by atoms with van der Waals surface area (Å²) < 4.78 is 18.9. The van der Waals surface area contributed by atoms with Crippen LogP contribution < -0.4 is 9.34 Å². The summed E-state index contributed by atoms with van der Waals surface area (Å²) in [6.07, 6.45) is 0. The van der Waals surface area contributed by atoms with Gasteiger partial charge in [-0.05, 0) is 45.8 Å². The molecule has 4 aromatic rings. The van der Waals surface area contributed by atoms with E-state index in [9.17, 15) is 9.59 Å². The molecule has 1 aliphatic heterocycles. The fourth-order valence-corrected chi connectivity index (χ4v) is 8.02. The molecular formula is C26H22Cl2N3O3P. The summed E-state index contributed by atoms with van der Waals surface area (Å²) in [5.41, 5.74) is 0.755. The van der Waals surface area contributed by atoms with Gasteiger partial charge in [0.05, 0.1) is 11.4 Å². The second kappa shape index (κ2) is 9.63. The first-order chi connectivity index (χ1) is 17.0. The SMILES string of the molecule is O=C1C(=O)N(c2ccc3ccccc3c2)P(=O)(N(CCCl)CCCl)N1c1ccc2ccccc2c1. The van der Waals surface area contributed by atoms with Crippen molar-refractivity contribution in [2.24, 2.45) is 0 Å². The van der Waals surface area contributed by atoms with E-state index in [-0.39, 0.29) is 24.8 Å². The summed E-state index contributed by atoms with van der Waals surface area (Å²) in [6.45, 7) is 0.362. The highest BCUT2D eigenvalue weighted by atomic mass is 35.5. The number of amides is 2. The molecule has 0 atom stereocenters. The molecule has 0 spiro atoms. The number of carbonyl (C=O) groups excluding carboxylic acids is 2. The van der Waals surface area contributed by atoms with Gasteiger partial charge in [0, 0.05) is 24.8 Å². The molecule has 0 N–H and O–H groups in total. The molecule has 178 valence electrons. The van der Waals surface area contributed by atoms with E-state index >= 15 is 4.57 Å². The standard InChI is InChI=1S/C26H22Cl2N3O3P/c27-13-15-29(16-14-28)35(34)30(23-11-9-19-5-1-3-7-21(19)17-23)25(32)26(33)31(35)24-12-10-20-6-2-4-8-22(20)18-24/h1-12,17-18H,13-16H2. The second-order valence-electron chi connectivity index (χ2n) is 8.14. The van der Waals surface area contributed by atoms with Gasteiger partial charge in [0.1, 0.15) is 0 Å². The van der Waals surface area contributed by atoms with Gasteiger partial charge >= 0.3 is 19.4 Å². The molecule has 1 heterocycles. The van der Waals surface area contributed by atoms with E-state index in [0.717, 1.165) is 30.9 Å². The van der Waals surface area contributed by atoms with Crippen LogP contribution in [0, 0.1) is 0 Å². The third-order valence-corrected chi connectivity index (χ3v) is 9.44. The first-order valence-corrected chi connectivity index (χ1v) is 13.8. The van der Waals surface area contributed by atoms with Crippen molar-refractivity contribution in [1.29, 1.82) is 0 Å². The van der Waals surface area contributed by atoms with Crippen molar-refractivity contribution in [3.63, 3.8) is 0 Å². The third kappa shape index (κ3) is 4.01. The van der Waals surface area contributed by atoms with Crippen LogP contribution in [-0.4, -0.2) is 41.3 Å². The van der Waals surface area contributed by atoms with Gasteiger partial charge < -0.3 is 0 Å². The number of halogens is 2. The molecule has 1 fully saturated rings. The minimum Gasteiger partial charge on any atom is -0.262 e. The lowest BCUT2D eigenvalue weighted by molar-refractivity contribution is -0.133. The van der Waals surface area contributed by atoms with E-state index in [4.69, 9.17) is 23.2 Å². The van der Waals surface area contributed by atoms with E-state index in [1.165, 1.54) is 0 Å². The number of rotatable bonds is 7. The van der Waals surface area contributed by atoms with Crippen LogP contribution in [-0.2, 0) is 14.2 Å². The highest BCUT2D eigenvalue weighted by Gasteiger charge is 2.58. The number of anilines is 2. The molecule has 4 aromatic carbocycles. The van der Waals surface area contributed by atoms with Gasteiger partial charge in [-0.2, -0.15) is 0 Å². The molecule has 0 aromatic heterocycles. The molecule has 1 saturated heterocycles. The van der Waals surface area contributed by atoms with E-state index in [0.29, 0.717) is 11.4 Å². The molecule has 9 heteroatoms. The van der Waals surface area contributed by atoms with Crippen molar-refractivity contribution in [3.8, 4) is 0 Å². The van der Waals surface area contributed by atoms with Gasteiger partial charge in [0.25, 0.3) is 0 Å². The molecule has 0 bridgehead atoms. The van der Waals surface area contributed by atoms with Crippen LogP contribution in [0.25, 0.3) is 21.5 Å². The van der Waals surface area contributed by atoms with Crippen LogP contribution in [0.15, 0.2) is 84.9 Å². The van der Waals surface area contributed by atoms with Crippen molar-refractivity contribution in [2.75, 3.05) is 34.2 Å². The van der Waals surface area contributed by atoms with Crippen molar-refractivity contribution in [2.45, 2.75) is 0 Å². The normalized spacial score (nSPS) is 15.6. The molecule has 1 aliphatic rings. The average molecular weight is 526 g/mol. The lowest BCUT2D eigenvalue weighted by Crippen LogP contribution is -2.37. The zero-order valence-electron chi connectivity index (χ0n) is 18.7. The number of fused-ring (bicyclic) bond motifs is 2. The molecular weight excluding hydrogens is 504 g/mol. The van der Waals surface area contributed by atoms with E-state index in [1.807, 2.05) is 60.7 Å². The monoisotopic (exact) mass is 525 g/mol. The highest BCUT2D eigenvalue weighted by Crippen LogP contribution is 2.63. The maximum Gasteiger partial charge on any atom is 0.349 e. The van der Waals surface area contributed by atoms with Crippen LogP contribution >= 0.6 is 30.8 Å². The Balaban J connectivity index is 1.72. The van der Waals surface area contributed by atoms with Crippen molar-refractivity contribution in [1.82, 2.24) is 4.67 Å². The zero-order chi connectivity index (χ0) is 24.6. The summed E-state index contributed by atoms with van der Waals surface area (Å²) in [5.74, 6) is -1.40. The highest BCUT2D eigenvalue weighted by molar-refractivity contribution is 7.69. The fourth-order valence-electron chi connectivity index (χ4n) is 4.48. The molecule has 35 heavy (non-hydrogen) atoms. The summed E-state index contributed by atoms with van der Waals surface area (Å²) >= 11 is 12.2. The summed E-state index contributed by atoms with van der Waals surface area (Å²) in [6, 6.07) is 26.0. The minimum atomic E-state index is -4.01. The number of alkyl halides is 2. The first kappa shape index (κ1) is 23.8. The quantitative estimate of drug-likeness (QED) is 0.162. The average Bonchev–Trinajstić information content (AvgIpc) is 3.08. The Bertz CT molecular complexity index is 1390. The number of hydrogen-bond donors (Lipinski definition) is 0. The van der Waals surface area contributed by atoms with Gasteiger partial charge in [-0.25, -0.2) is 14.0 Å². The Hall–Kier alpha value is -2.89. The minimum absolute atomic E-state index is 0.153. The van der Waals surface area contributed by atoms with Gasteiger partial charge in [-0.3, -0.25) is 14.2 Å². The van der Waals surface area contributed by atoms with Gasteiger partial charge in [0.15, 0.2) is 0 Å². The van der Waals surface area contributed by atoms with Gasteiger partial charge in [0.2, 0.25) is 0 Å². The zero-order valence-corrected chi connectivity index (χ0v) is 21.1. The predicted molar refractivity (Wildman–Crippen MR) is 143 cm³/mol. The molecule has 5 rings (SSSR count). The molecule has 0 unspecified atom stereocenters. The number of benzene rings is 4. The van der Waals surface area contributed by atoms with Crippen LogP contribution in [0.2, 0.25) is 0 Å². The lowest BCUT2D eigenvalue weighted by Gasteiger charge is -2.37. The van der Waals surface area contributed by atoms with E-state index < -0.39 is 19.4 Å². The Morgan fingerprint density at radius 1 is 0.629 bits per heavy atom. The van der Waals surface area contributed by atoms with E-state index in [1.54, 1.807) is 28.9 Å². The molecule has 6 nitrogen and oxygen atoms in total. The fraction of sp³-hybridized carbons (Fsp3) is 0.154. The van der Waals surface area contributed by atoms with Crippen LogP contribution in [0.5, 0.6) is 0 Å². The van der Waals surface area contributed by atoms with Crippen molar-refractivity contribution < 1.29 is 14.2 Å². The molecule has 0 aliphatic carbocycles. The summed E-state index contributed by atoms with van der Waals surface area (Å²) in [5, 5.41) is 3.66. The molecule has 0 radical (unpaired) electrons. The largest absolute Gasteiger partial charge is 0.349 e. The smallest absolute Gasteiger partial charge is 0.262 e. The second-order valence-corrected chi connectivity index (χ2v) is 11.3. The van der Waals surface area contributed by atoms with Crippen LogP contribution in [0.1, 0.15) is 0 Å². The Morgan fingerprint density at radius 3 is 1.43 bits per heavy atom. The van der Waals surface area contributed by atoms with Crippen LogP contribution in [0.4, 0.5) is 11.4 Å². The van der Waals surface area contributed by atoms with E-state index in [2.05, 4.69) is 0 Å². The van der Waals surface area contributed by atoms with Crippen molar-refractivity contribution >= 4 is 75.5 Å².